The molecule has 0 aliphatic carbocycles. The number of hydrogen-bond donors (Lipinski definition) is 12. The highest BCUT2D eigenvalue weighted by Gasteiger charge is 2.27. The van der Waals surface area contributed by atoms with Crippen LogP contribution in [-0.4, -0.2) is 156 Å². The number of ketones is 4. The van der Waals surface area contributed by atoms with E-state index in [-0.39, 0.29) is 87.3 Å². The van der Waals surface area contributed by atoms with Crippen molar-refractivity contribution < 1.29 is 102 Å². The smallest absolute Gasteiger partial charge is 0.408 e. The van der Waals surface area contributed by atoms with Crippen LogP contribution in [0.1, 0.15) is 161 Å². The van der Waals surface area contributed by atoms with Crippen molar-refractivity contribution in [2.75, 3.05) is 0 Å². The molecule has 16 N–H and O–H groups in total. The van der Waals surface area contributed by atoms with Gasteiger partial charge in [-0.2, -0.15) is 0 Å². The van der Waals surface area contributed by atoms with Gasteiger partial charge in [0.25, 0.3) is 0 Å². The lowest BCUT2D eigenvalue weighted by atomic mass is 10.1. The monoisotopic (exact) mass is 1100 g/mol. The Morgan fingerprint density at radius 3 is 0.934 bits per heavy atom. The number of nitrogens with two attached hydrogens (primary N) is 4. The van der Waals surface area contributed by atoms with Gasteiger partial charge in [0.1, 0.15) is 76.2 Å². The van der Waals surface area contributed by atoms with Crippen LogP contribution in [0.15, 0.2) is 0 Å². The average molecular weight is 1100 g/mol. The minimum absolute atomic E-state index is 0.0231. The van der Waals surface area contributed by atoms with Gasteiger partial charge >= 0.3 is 42.2 Å². The number of hydrogen-bond acceptors (Lipinski definition) is 19. The van der Waals surface area contributed by atoms with Crippen molar-refractivity contribution in [3.05, 3.63) is 0 Å². The minimum Gasteiger partial charge on any atom is -0.481 e. The second-order valence-corrected chi connectivity index (χ2v) is 19.8. The molecule has 438 valence electrons. The highest BCUT2D eigenvalue weighted by Crippen LogP contribution is 2.10. The molecule has 0 fully saturated rings. The highest BCUT2D eigenvalue weighted by molar-refractivity contribution is 5.91. The summed E-state index contributed by atoms with van der Waals surface area (Å²) in [6.45, 7) is 22.3. The van der Waals surface area contributed by atoms with Crippen LogP contribution in [-0.2, 0) is 67.0 Å². The molecule has 0 aromatic heterocycles. The third-order valence-electron chi connectivity index (χ3n) is 8.28. The molecule has 29 nitrogen and oxygen atoms in total. The van der Waals surface area contributed by atoms with Gasteiger partial charge in [0.2, 0.25) is 17.7 Å². The lowest BCUT2D eigenvalue weighted by Gasteiger charge is -2.22. The Labute approximate surface area is 442 Å². The van der Waals surface area contributed by atoms with E-state index in [1.165, 1.54) is 34.6 Å². The number of carboxylic acids is 4. The maximum absolute atomic E-state index is 11.9. The third-order valence-corrected chi connectivity index (χ3v) is 8.28. The molecular weight excluding hydrogens is 1010 g/mol. The second kappa shape index (κ2) is 39.2. The van der Waals surface area contributed by atoms with E-state index in [0.717, 1.165) is 0 Å². The van der Waals surface area contributed by atoms with Crippen LogP contribution in [0.4, 0.5) is 14.4 Å². The quantitative estimate of drug-likeness (QED) is 0.0574. The van der Waals surface area contributed by atoms with E-state index in [4.69, 9.17) is 57.6 Å². The predicted octanol–water partition coefficient (Wildman–Crippen LogP) is 1.34. The number of Topliss-reactive ketones (excluding diaryl/α,β-unsaturated/α-hetero) is 4. The molecule has 6 atom stereocenters. The first-order valence-electron chi connectivity index (χ1n) is 23.5. The molecule has 6 amide bonds. The van der Waals surface area contributed by atoms with Crippen LogP contribution < -0.4 is 44.2 Å². The standard InChI is InChI=1S/C14H25N3O5.C11H20N2O4.C11H19NO5.C6H11NO3.C5H9NO4/c1-8(18)6-7-10(11(15)19)17-12(20)9(2)16-13(21)22-14(3,4)5;1-7(14)5-6-8(9(12)15)13-10(16)17-11(2,3)4;1-7(13)5-6-8(9(14)15)12-10(16)17-11(2,3)4;1-4(8)2-3-5(7)6(9)10;6-3(5(9)10)1-2-4(7)8/h9-10H,6-7H2,1-5H3,(H2,15,19)(H,16,21)(H,17,20);8H,5-6H2,1-4H3,(H2,12,15)(H,13,16);8H,5-6H2,1-4H3,(H,12,16)(H,14,15);5H,2-3,7H2,1H3,(H,9,10);3H,1-2,6H2,(H,7,8)(H,9,10)/t9-,10?;;;;/m0..../s1. The van der Waals surface area contributed by atoms with Crippen LogP contribution in [0.25, 0.3) is 0 Å². The lowest BCUT2D eigenvalue weighted by molar-refractivity contribution is -0.141. The summed E-state index contributed by atoms with van der Waals surface area (Å²) >= 11 is 0. The summed E-state index contributed by atoms with van der Waals surface area (Å²) in [7, 11) is 0. The van der Waals surface area contributed by atoms with Crippen molar-refractivity contribution in [1.82, 2.24) is 21.3 Å². The van der Waals surface area contributed by atoms with Crippen LogP contribution in [0.5, 0.6) is 0 Å². The van der Waals surface area contributed by atoms with Gasteiger partial charge in [0.15, 0.2) is 0 Å². The van der Waals surface area contributed by atoms with Crippen LogP contribution in [0.2, 0.25) is 0 Å². The Kier molecular flexibility index (Phi) is 40.0. The van der Waals surface area contributed by atoms with Crippen LogP contribution in [0, 0.1) is 0 Å². The summed E-state index contributed by atoms with van der Waals surface area (Å²) in [6.07, 6.45) is -1.23. The zero-order valence-corrected chi connectivity index (χ0v) is 46.1. The van der Waals surface area contributed by atoms with E-state index in [0.29, 0.717) is 0 Å². The normalized spacial score (nSPS) is 12.9. The van der Waals surface area contributed by atoms with E-state index in [1.807, 2.05) is 0 Å². The second-order valence-electron chi connectivity index (χ2n) is 19.8. The van der Waals surface area contributed by atoms with Gasteiger partial charge in [-0.05, 0) is 129 Å². The fourth-order valence-electron chi connectivity index (χ4n) is 4.50. The lowest BCUT2D eigenvalue weighted by Crippen LogP contribution is -2.52. The minimum atomic E-state index is -1.18. The van der Waals surface area contributed by atoms with Gasteiger partial charge in [0.05, 0.1) is 0 Å². The molecule has 0 aliphatic rings. The number of carboxylic acid groups (broad SMARTS) is 4. The highest BCUT2D eigenvalue weighted by atomic mass is 16.6. The summed E-state index contributed by atoms with van der Waals surface area (Å²) in [4.78, 5) is 152. The molecule has 0 radical (unpaired) electrons. The van der Waals surface area contributed by atoms with E-state index >= 15 is 0 Å². The molecule has 0 aliphatic heterocycles. The predicted molar refractivity (Wildman–Crippen MR) is 271 cm³/mol. The number of carbonyl (C=O) groups is 14. The Hall–Kier alpha value is -7.30. The average Bonchev–Trinajstić information content (AvgIpc) is 3.21. The summed E-state index contributed by atoms with van der Waals surface area (Å²) < 4.78 is 14.9. The number of primary amides is 2. The number of alkyl carbamates (subject to hydrolysis) is 3. The summed E-state index contributed by atoms with van der Waals surface area (Å²) in [5.41, 5.74) is 18.4. The van der Waals surface area contributed by atoms with Crippen LogP contribution >= 0.6 is 0 Å². The number of aliphatic carboxylic acids is 4. The zero-order chi connectivity index (χ0) is 61.1. The topological polar surface area (TPSA) is 500 Å². The molecule has 76 heavy (non-hydrogen) atoms. The maximum atomic E-state index is 11.9. The van der Waals surface area contributed by atoms with Gasteiger partial charge in [0, 0.05) is 32.1 Å². The zero-order valence-electron chi connectivity index (χ0n) is 46.1. The van der Waals surface area contributed by atoms with Crippen molar-refractivity contribution >= 4 is 83.0 Å². The largest absolute Gasteiger partial charge is 0.481 e. The van der Waals surface area contributed by atoms with Crippen molar-refractivity contribution in [2.45, 2.75) is 214 Å². The van der Waals surface area contributed by atoms with E-state index < -0.39 is 113 Å². The Balaban J connectivity index is -0.000000285. The molecule has 0 bridgehead atoms. The molecule has 29 heteroatoms. The molecule has 0 rings (SSSR count). The Morgan fingerprint density at radius 2 is 0.671 bits per heavy atom. The van der Waals surface area contributed by atoms with E-state index in [2.05, 4.69) is 21.3 Å². The van der Waals surface area contributed by atoms with Crippen molar-refractivity contribution in [3.63, 3.8) is 0 Å². The third kappa shape index (κ3) is 54.5. The number of nitrogens with one attached hydrogen (secondary N) is 4. The molecule has 0 aromatic carbocycles. The van der Waals surface area contributed by atoms with Crippen molar-refractivity contribution in [3.8, 4) is 0 Å². The summed E-state index contributed by atoms with van der Waals surface area (Å²) in [5.74, 6) is -6.77. The van der Waals surface area contributed by atoms with Gasteiger partial charge < -0.3 is 98.0 Å². The van der Waals surface area contributed by atoms with Crippen molar-refractivity contribution in [2.24, 2.45) is 22.9 Å². The van der Waals surface area contributed by atoms with Gasteiger partial charge in [-0.3, -0.25) is 28.8 Å². The van der Waals surface area contributed by atoms with Gasteiger partial charge in [-0.15, -0.1) is 0 Å². The molecule has 0 saturated carbocycles. The molecule has 0 spiro atoms. The fraction of sp³-hybridized carbons (Fsp3) is 0.702. The number of amides is 6. The van der Waals surface area contributed by atoms with Crippen LogP contribution in [0.3, 0.4) is 0 Å². The van der Waals surface area contributed by atoms with E-state index in [1.54, 1.807) is 62.3 Å². The molecular formula is C47H84N8O21. The van der Waals surface area contributed by atoms with E-state index in [9.17, 15) is 67.1 Å². The maximum Gasteiger partial charge on any atom is 0.408 e. The first-order chi connectivity index (χ1) is 34.2. The molecule has 0 heterocycles. The van der Waals surface area contributed by atoms with Gasteiger partial charge in [-0.25, -0.2) is 19.2 Å². The van der Waals surface area contributed by atoms with Crippen molar-refractivity contribution in [1.29, 1.82) is 0 Å². The molecule has 0 saturated heterocycles. The number of carbonyl (C=O) groups excluding carboxylic acids is 10. The fourth-order valence-corrected chi connectivity index (χ4v) is 4.50. The SMILES string of the molecule is CC(=O)CCC(N)C(=O)O.CC(=O)CCC(NC(=O)OC(C)(C)C)C(=O)O.CC(=O)CCC(NC(=O)OC(C)(C)C)C(N)=O.CC(=O)CCC(NC(=O)[C@H](C)NC(=O)OC(C)(C)C)C(N)=O.NC(CCC(=O)O)C(=O)O. The van der Waals surface area contributed by atoms with Gasteiger partial charge in [-0.1, -0.05) is 0 Å². The number of rotatable bonds is 25. The Morgan fingerprint density at radius 1 is 0.408 bits per heavy atom. The summed E-state index contributed by atoms with van der Waals surface area (Å²) in [6, 6.07) is -5.81. The molecule has 5 unspecified atom stereocenters. The number of ether oxygens (including phenoxy) is 3. The Bertz CT molecular complexity index is 1860. The first-order valence-corrected chi connectivity index (χ1v) is 23.5. The first kappa shape index (κ1) is 77.6. The summed E-state index contributed by atoms with van der Waals surface area (Å²) in [5, 5.41) is 42.7. The molecule has 0 aromatic rings.